The van der Waals surface area contributed by atoms with Gasteiger partial charge in [-0.1, -0.05) is 41.7 Å². The Morgan fingerprint density at radius 2 is 1.59 bits per heavy atom. The lowest BCUT2D eigenvalue weighted by atomic mass is 10.2. The number of para-hydroxylation sites is 2. The monoisotopic (exact) mass is 386 g/mol. The van der Waals surface area contributed by atoms with Gasteiger partial charge in [-0.2, -0.15) is 13.2 Å². The number of benzene rings is 3. The molecule has 1 aromatic heterocycles. The van der Waals surface area contributed by atoms with Crippen LogP contribution in [0.5, 0.6) is 11.5 Å². The molecule has 0 amide bonds. The van der Waals surface area contributed by atoms with Gasteiger partial charge in [0.25, 0.3) is 0 Å². The second kappa shape index (κ2) is 6.92. The predicted octanol–water partition coefficient (Wildman–Crippen LogP) is 6.85. The number of nitrogens with one attached hydrogen (secondary N) is 1. The Labute approximate surface area is 157 Å². The van der Waals surface area contributed by atoms with E-state index < -0.39 is 11.7 Å². The number of nitrogens with zero attached hydrogens (tertiary/aromatic N) is 1. The summed E-state index contributed by atoms with van der Waals surface area (Å²) in [6, 6.07) is 20.1. The molecule has 3 aromatic carbocycles. The van der Waals surface area contributed by atoms with Crippen LogP contribution in [0.1, 0.15) is 5.56 Å². The molecule has 0 radical (unpaired) electrons. The Hall–Kier alpha value is -3.06. The number of halogens is 3. The van der Waals surface area contributed by atoms with Crippen LogP contribution >= 0.6 is 11.3 Å². The van der Waals surface area contributed by atoms with E-state index in [2.05, 4.69) is 10.3 Å². The van der Waals surface area contributed by atoms with Crippen molar-refractivity contribution in [3.8, 4) is 11.5 Å². The maximum Gasteiger partial charge on any atom is 0.418 e. The standard InChI is InChI=1S/C20H13F3N2OS/c21-20(22,23)15-8-4-5-9-16(15)24-19-25-17-12-14(10-11-18(17)27-19)26-13-6-2-1-3-7-13/h1-12H,(H,24,25). The summed E-state index contributed by atoms with van der Waals surface area (Å²) in [6.07, 6.45) is -4.43. The summed E-state index contributed by atoms with van der Waals surface area (Å²) in [5, 5.41) is 3.17. The van der Waals surface area contributed by atoms with Gasteiger partial charge in [-0.3, -0.25) is 0 Å². The fraction of sp³-hybridized carbons (Fsp3) is 0.0500. The van der Waals surface area contributed by atoms with Crippen LogP contribution in [0.3, 0.4) is 0 Å². The number of hydrogen-bond donors (Lipinski definition) is 1. The number of thiazole rings is 1. The van der Waals surface area contributed by atoms with Crippen LogP contribution in [0.15, 0.2) is 72.8 Å². The number of alkyl halides is 3. The summed E-state index contributed by atoms with van der Waals surface area (Å²) < 4.78 is 46.0. The molecule has 0 atom stereocenters. The summed E-state index contributed by atoms with van der Waals surface area (Å²) in [4.78, 5) is 4.39. The van der Waals surface area contributed by atoms with Gasteiger partial charge in [-0.25, -0.2) is 4.98 Å². The maximum atomic E-state index is 13.1. The van der Waals surface area contributed by atoms with Crippen LogP contribution in [0.4, 0.5) is 24.0 Å². The van der Waals surface area contributed by atoms with Crippen molar-refractivity contribution in [2.24, 2.45) is 0 Å². The number of ether oxygens (including phenoxy) is 1. The zero-order chi connectivity index (χ0) is 18.9. The Morgan fingerprint density at radius 1 is 0.852 bits per heavy atom. The van der Waals surface area contributed by atoms with Gasteiger partial charge in [0.15, 0.2) is 5.13 Å². The van der Waals surface area contributed by atoms with Crippen molar-refractivity contribution >= 4 is 32.4 Å². The molecule has 136 valence electrons. The molecule has 0 aliphatic heterocycles. The van der Waals surface area contributed by atoms with Crippen molar-refractivity contribution in [1.29, 1.82) is 0 Å². The topological polar surface area (TPSA) is 34.2 Å². The summed E-state index contributed by atoms with van der Waals surface area (Å²) in [5.74, 6) is 1.31. The van der Waals surface area contributed by atoms with Crippen molar-refractivity contribution in [1.82, 2.24) is 4.98 Å². The largest absolute Gasteiger partial charge is 0.457 e. The number of hydrogen-bond acceptors (Lipinski definition) is 4. The first-order valence-corrected chi connectivity index (χ1v) is 8.87. The third-order valence-corrected chi connectivity index (χ3v) is 4.76. The van der Waals surface area contributed by atoms with E-state index in [-0.39, 0.29) is 5.69 Å². The number of anilines is 2. The molecule has 4 aromatic rings. The summed E-state index contributed by atoms with van der Waals surface area (Å²) in [5.41, 5.74) is -0.0948. The Morgan fingerprint density at radius 3 is 2.37 bits per heavy atom. The summed E-state index contributed by atoms with van der Waals surface area (Å²) in [7, 11) is 0. The molecule has 0 saturated heterocycles. The molecule has 0 spiro atoms. The van der Waals surface area contributed by atoms with E-state index in [0.717, 1.165) is 10.8 Å². The van der Waals surface area contributed by atoms with Crippen LogP contribution in [0, 0.1) is 0 Å². The molecule has 0 fully saturated rings. The van der Waals surface area contributed by atoms with Gasteiger partial charge in [-0.05, 0) is 36.4 Å². The SMILES string of the molecule is FC(F)(F)c1ccccc1Nc1nc2cc(Oc3ccccc3)ccc2s1. The molecular weight excluding hydrogens is 373 g/mol. The van der Waals surface area contributed by atoms with Gasteiger partial charge in [0.2, 0.25) is 0 Å². The molecule has 1 N–H and O–H groups in total. The highest BCUT2D eigenvalue weighted by molar-refractivity contribution is 7.22. The minimum Gasteiger partial charge on any atom is -0.457 e. The highest BCUT2D eigenvalue weighted by Gasteiger charge is 2.33. The number of fused-ring (bicyclic) bond motifs is 1. The number of rotatable bonds is 4. The Balaban J connectivity index is 1.61. The van der Waals surface area contributed by atoms with Crippen LogP contribution in [-0.2, 0) is 6.18 Å². The molecule has 0 aliphatic carbocycles. The molecule has 0 unspecified atom stereocenters. The smallest absolute Gasteiger partial charge is 0.418 e. The van der Waals surface area contributed by atoms with Crippen LogP contribution < -0.4 is 10.1 Å². The lowest BCUT2D eigenvalue weighted by molar-refractivity contribution is -0.136. The third kappa shape index (κ3) is 3.88. The second-order valence-corrected chi connectivity index (χ2v) is 6.76. The maximum absolute atomic E-state index is 13.1. The average Bonchev–Trinajstić information content (AvgIpc) is 3.03. The zero-order valence-electron chi connectivity index (χ0n) is 13.8. The van der Waals surface area contributed by atoms with Crippen molar-refractivity contribution in [3.05, 3.63) is 78.4 Å². The number of aromatic nitrogens is 1. The molecule has 1 heterocycles. The minimum atomic E-state index is -4.43. The molecule has 0 saturated carbocycles. The van der Waals surface area contributed by atoms with Crippen molar-refractivity contribution in [2.45, 2.75) is 6.18 Å². The first-order chi connectivity index (χ1) is 13.0. The predicted molar refractivity (Wildman–Crippen MR) is 101 cm³/mol. The fourth-order valence-electron chi connectivity index (χ4n) is 2.60. The Bertz CT molecular complexity index is 1080. The highest BCUT2D eigenvalue weighted by Crippen LogP contribution is 2.38. The van der Waals surface area contributed by atoms with E-state index >= 15 is 0 Å². The minimum absolute atomic E-state index is 0.0233. The van der Waals surface area contributed by atoms with Crippen LogP contribution in [0.25, 0.3) is 10.2 Å². The van der Waals surface area contributed by atoms with E-state index in [0.29, 0.717) is 22.1 Å². The van der Waals surface area contributed by atoms with E-state index in [1.54, 1.807) is 18.2 Å². The first kappa shape index (κ1) is 17.4. The normalized spacial score (nSPS) is 11.5. The van der Waals surface area contributed by atoms with Crippen LogP contribution in [-0.4, -0.2) is 4.98 Å². The van der Waals surface area contributed by atoms with Crippen LogP contribution in [0.2, 0.25) is 0 Å². The molecule has 0 bridgehead atoms. The highest BCUT2D eigenvalue weighted by atomic mass is 32.1. The van der Waals surface area contributed by atoms with Crippen molar-refractivity contribution in [3.63, 3.8) is 0 Å². The molecule has 0 aliphatic rings. The zero-order valence-corrected chi connectivity index (χ0v) is 14.6. The van der Waals surface area contributed by atoms with Crippen molar-refractivity contribution < 1.29 is 17.9 Å². The Kier molecular flexibility index (Phi) is 4.45. The third-order valence-electron chi connectivity index (χ3n) is 3.81. The molecule has 7 heteroatoms. The second-order valence-electron chi connectivity index (χ2n) is 5.73. The lowest BCUT2D eigenvalue weighted by Crippen LogP contribution is -2.08. The van der Waals surface area contributed by atoms with E-state index in [1.807, 2.05) is 36.4 Å². The van der Waals surface area contributed by atoms with Gasteiger partial charge < -0.3 is 10.1 Å². The summed E-state index contributed by atoms with van der Waals surface area (Å²) in [6.45, 7) is 0. The van der Waals surface area contributed by atoms with Gasteiger partial charge >= 0.3 is 6.18 Å². The van der Waals surface area contributed by atoms with E-state index in [1.165, 1.54) is 23.5 Å². The molecule has 3 nitrogen and oxygen atoms in total. The fourth-order valence-corrected chi connectivity index (χ4v) is 3.46. The van der Waals surface area contributed by atoms with E-state index in [9.17, 15) is 13.2 Å². The molecule has 27 heavy (non-hydrogen) atoms. The molecule has 4 rings (SSSR count). The van der Waals surface area contributed by atoms with Gasteiger partial charge in [0.1, 0.15) is 11.5 Å². The molecular formula is C20H13F3N2OS. The van der Waals surface area contributed by atoms with Crippen molar-refractivity contribution in [2.75, 3.05) is 5.32 Å². The van der Waals surface area contributed by atoms with Gasteiger partial charge in [0.05, 0.1) is 21.5 Å². The van der Waals surface area contributed by atoms with Gasteiger partial charge in [0, 0.05) is 6.07 Å². The average molecular weight is 386 g/mol. The van der Waals surface area contributed by atoms with E-state index in [4.69, 9.17) is 4.74 Å². The quantitative estimate of drug-likeness (QED) is 0.416. The first-order valence-electron chi connectivity index (χ1n) is 8.06. The summed E-state index contributed by atoms with van der Waals surface area (Å²) >= 11 is 1.28. The lowest BCUT2D eigenvalue weighted by Gasteiger charge is -2.12. The van der Waals surface area contributed by atoms with Gasteiger partial charge in [-0.15, -0.1) is 0 Å².